The van der Waals surface area contributed by atoms with Gasteiger partial charge >= 0.3 is 0 Å². The molecule has 1 aliphatic rings. The highest BCUT2D eigenvalue weighted by Gasteiger charge is 2.36. The lowest BCUT2D eigenvalue weighted by molar-refractivity contribution is -0.127. The van der Waals surface area contributed by atoms with E-state index in [4.69, 9.17) is 17.3 Å². The third kappa shape index (κ3) is 5.09. The second-order valence-electron chi connectivity index (χ2n) is 7.31. The number of hydrogen-bond donors (Lipinski definition) is 2. The van der Waals surface area contributed by atoms with Crippen LogP contribution in [0.3, 0.4) is 0 Å². The highest BCUT2D eigenvalue weighted by Crippen LogP contribution is 2.29. The summed E-state index contributed by atoms with van der Waals surface area (Å²) in [7, 11) is 0. The summed E-state index contributed by atoms with van der Waals surface area (Å²) in [5.74, 6) is 0.0544. The van der Waals surface area contributed by atoms with E-state index in [2.05, 4.69) is 24.1 Å². The van der Waals surface area contributed by atoms with Crippen LogP contribution in [0, 0.1) is 5.41 Å². The summed E-state index contributed by atoms with van der Waals surface area (Å²) >= 11 is 5.91. The number of piperidine rings is 1. The Morgan fingerprint density at radius 3 is 2.46 bits per heavy atom. The van der Waals surface area contributed by atoms with Crippen molar-refractivity contribution in [3.63, 3.8) is 0 Å². The van der Waals surface area contributed by atoms with Crippen LogP contribution < -0.4 is 11.1 Å². The molecular formula is C18H29Cl2N3O. The summed E-state index contributed by atoms with van der Waals surface area (Å²) in [4.78, 5) is 14.8. The number of carbonyl (C=O) groups excluding carboxylic acids is 1. The van der Waals surface area contributed by atoms with Gasteiger partial charge in [-0.3, -0.25) is 9.69 Å². The van der Waals surface area contributed by atoms with Crippen molar-refractivity contribution in [1.29, 1.82) is 0 Å². The fraction of sp³-hybridized carbons (Fsp3) is 0.611. The predicted octanol–water partition coefficient (Wildman–Crippen LogP) is 3.39. The van der Waals surface area contributed by atoms with Crippen LogP contribution >= 0.6 is 24.0 Å². The number of carbonyl (C=O) groups is 1. The molecular weight excluding hydrogens is 345 g/mol. The Kier molecular flexibility index (Phi) is 7.54. The first-order valence-electron chi connectivity index (χ1n) is 8.26. The number of nitrogens with zero attached hydrogens (tertiary/aromatic N) is 1. The van der Waals surface area contributed by atoms with Gasteiger partial charge in [-0.15, -0.1) is 12.4 Å². The van der Waals surface area contributed by atoms with Gasteiger partial charge in [0.25, 0.3) is 0 Å². The van der Waals surface area contributed by atoms with E-state index in [0.717, 1.165) is 25.1 Å². The predicted molar refractivity (Wildman–Crippen MR) is 103 cm³/mol. The van der Waals surface area contributed by atoms with E-state index in [9.17, 15) is 4.79 Å². The lowest BCUT2D eigenvalue weighted by Gasteiger charge is -2.44. The Balaban J connectivity index is 0.00000288. The summed E-state index contributed by atoms with van der Waals surface area (Å²) in [5, 5.41) is 3.80. The zero-order valence-electron chi connectivity index (χ0n) is 14.9. The number of rotatable bonds is 4. The molecule has 1 aromatic rings. The first kappa shape index (κ1) is 21.2. The number of likely N-dealkylation sites (tertiary alicyclic amines) is 1. The molecule has 0 aliphatic carbocycles. The molecule has 0 saturated carbocycles. The van der Waals surface area contributed by atoms with Gasteiger partial charge in [0, 0.05) is 24.2 Å². The average Bonchev–Trinajstić information content (AvgIpc) is 2.49. The number of hydrogen-bond acceptors (Lipinski definition) is 3. The van der Waals surface area contributed by atoms with Crippen LogP contribution in [0.15, 0.2) is 24.3 Å². The van der Waals surface area contributed by atoms with Crippen molar-refractivity contribution < 1.29 is 4.79 Å². The number of nitrogens with two attached hydrogens (primary N) is 1. The summed E-state index contributed by atoms with van der Waals surface area (Å²) in [6, 6.07) is 7.58. The number of halogens is 2. The summed E-state index contributed by atoms with van der Waals surface area (Å²) in [6.07, 6.45) is 0.928. The lowest BCUT2D eigenvalue weighted by Crippen LogP contribution is -2.57. The van der Waals surface area contributed by atoms with Crippen LogP contribution in [0.25, 0.3) is 0 Å². The van der Waals surface area contributed by atoms with E-state index in [0.29, 0.717) is 5.02 Å². The van der Waals surface area contributed by atoms with Crippen LogP contribution in [0.1, 0.15) is 45.7 Å². The Morgan fingerprint density at radius 1 is 1.33 bits per heavy atom. The Bertz CT molecular complexity index is 548. The molecule has 6 heteroatoms. The van der Waals surface area contributed by atoms with Crippen molar-refractivity contribution in [2.75, 3.05) is 13.1 Å². The molecule has 1 aliphatic heterocycles. The molecule has 1 saturated heterocycles. The third-order valence-electron chi connectivity index (χ3n) is 5.00. The molecule has 4 nitrogen and oxygen atoms in total. The van der Waals surface area contributed by atoms with Gasteiger partial charge in [0.1, 0.15) is 0 Å². The van der Waals surface area contributed by atoms with Crippen molar-refractivity contribution in [2.45, 2.75) is 52.2 Å². The molecule has 3 N–H and O–H groups in total. The van der Waals surface area contributed by atoms with Crippen LogP contribution in [0.2, 0.25) is 5.02 Å². The minimum Gasteiger partial charge on any atom is -0.348 e. The van der Waals surface area contributed by atoms with Gasteiger partial charge < -0.3 is 11.1 Å². The van der Waals surface area contributed by atoms with Crippen LogP contribution in [0.4, 0.5) is 0 Å². The van der Waals surface area contributed by atoms with Gasteiger partial charge in [0.2, 0.25) is 5.91 Å². The molecule has 1 aromatic carbocycles. The molecule has 136 valence electrons. The van der Waals surface area contributed by atoms with Crippen molar-refractivity contribution in [3.8, 4) is 0 Å². The molecule has 3 atom stereocenters. The van der Waals surface area contributed by atoms with Crippen LogP contribution in [-0.2, 0) is 4.79 Å². The second-order valence-corrected chi connectivity index (χ2v) is 7.75. The first-order valence-corrected chi connectivity index (χ1v) is 8.64. The molecule has 1 fully saturated rings. The zero-order chi connectivity index (χ0) is 17.2. The zero-order valence-corrected chi connectivity index (χ0v) is 16.5. The normalized spacial score (nSPS) is 23.0. The molecule has 0 spiro atoms. The van der Waals surface area contributed by atoms with Gasteiger partial charge in [0.15, 0.2) is 0 Å². The average molecular weight is 374 g/mol. The summed E-state index contributed by atoms with van der Waals surface area (Å²) < 4.78 is 0. The van der Waals surface area contributed by atoms with E-state index in [1.54, 1.807) is 0 Å². The molecule has 0 bridgehead atoms. The van der Waals surface area contributed by atoms with E-state index in [1.807, 2.05) is 38.1 Å². The van der Waals surface area contributed by atoms with E-state index >= 15 is 0 Å². The van der Waals surface area contributed by atoms with Crippen molar-refractivity contribution in [3.05, 3.63) is 34.9 Å². The van der Waals surface area contributed by atoms with E-state index in [-0.39, 0.29) is 41.9 Å². The van der Waals surface area contributed by atoms with E-state index < -0.39 is 0 Å². The van der Waals surface area contributed by atoms with E-state index in [1.165, 1.54) is 0 Å². The van der Waals surface area contributed by atoms with Gasteiger partial charge in [-0.05, 0) is 43.4 Å². The van der Waals surface area contributed by atoms with Gasteiger partial charge in [-0.2, -0.15) is 0 Å². The quantitative estimate of drug-likeness (QED) is 0.850. The molecule has 1 amide bonds. The van der Waals surface area contributed by atoms with Crippen LogP contribution in [-0.4, -0.2) is 36.0 Å². The number of amides is 1. The van der Waals surface area contributed by atoms with Crippen molar-refractivity contribution in [1.82, 2.24) is 10.2 Å². The fourth-order valence-electron chi connectivity index (χ4n) is 3.08. The maximum atomic E-state index is 12.6. The number of nitrogens with one attached hydrogen (secondary N) is 1. The fourth-order valence-corrected chi connectivity index (χ4v) is 3.21. The molecule has 2 rings (SSSR count). The maximum absolute atomic E-state index is 12.6. The molecule has 0 aromatic heterocycles. The Labute approximate surface area is 156 Å². The number of benzene rings is 1. The lowest BCUT2D eigenvalue weighted by atomic mass is 9.79. The minimum absolute atomic E-state index is 0. The van der Waals surface area contributed by atoms with Gasteiger partial charge in [0.05, 0.1) is 12.1 Å². The molecule has 24 heavy (non-hydrogen) atoms. The Morgan fingerprint density at radius 2 is 1.92 bits per heavy atom. The molecule has 0 radical (unpaired) electrons. The monoisotopic (exact) mass is 373 g/mol. The first-order chi connectivity index (χ1) is 10.7. The smallest absolute Gasteiger partial charge is 0.237 e. The second kappa shape index (κ2) is 8.52. The van der Waals surface area contributed by atoms with Gasteiger partial charge in [-0.25, -0.2) is 0 Å². The van der Waals surface area contributed by atoms with Crippen molar-refractivity contribution in [2.24, 2.45) is 11.1 Å². The topological polar surface area (TPSA) is 58.4 Å². The highest BCUT2D eigenvalue weighted by atomic mass is 35.5. The standard InChI is InChI=1S/C18H28ClN3O.ClH/c1-12(14-5-7-15(19)8-6-14)21-17(23)13(2)22-10-9-16(20)18(3,4)11-22;/h5-8,12-13,16H,9-11,20H2,1-4H3,(H,21,23);1H. The van der Waals surface area contributed by atoms with Crippen molar-refractivity contribution >= 4 is 29.9 Å². The summed E-state index contributed by atoms with van der Waals surface area (Å²) in [5.41, 5.74) is 7.27. The maximum Gasteiger partial charge on any atom is 0.237 e. The Hall–Kier alpha value is -0.810. The largest absolute Gasteiger partial charge is 0.348 e. The highest BCUT2D eigenvalue weighted by molar-refractivity contribution is 6.30. The SMILES string of the molecule is CC(NC(=O)C(C)N1CCC(N)C(C)(C)C1)c1ccc(Cl)cc1.Cl. The molecule has 1 heterocycles. The summed E-state index contributed by atoms with van der Waals surface area (Å²) in [6.45, 7) is 10.0. The molecule has 3 unspecified atom stereocenters. The van der Waals surface area contributed by atoms with Crippen LogP contribution in [0.5, 0.6) is 0 Å². The third-order valence-corrected chi connectivity index (χ3v) is 5.25. The minimum atomic E-state index is -0.156. The van der Waals surface area contributed by atoms with Gasteiger partial charge in [-0.1, -0.05) is 37.6 Å².